The molecule has 0 spiro atoms. The van der Waals surface area contributed by atoms with Crippen molar-refractivity contribution in [2.45, 2.75) is 0 Å². The number of nitrogens with one attached hydrogen (secondary N) is 1. The summed E-state index contributed by atoms with van der Waals surface area (Å²) in [5.74, 6) is 0.287. The lowest BCUT2D eigenvalue weighted by Gasteiger charge is -2.09. The molecule has 1 heterocycles. The van der Waals surface area contributed by atoms with E-state index in [1.807, 2.05) is 0 Å². The molecule has 1 N–H and O–H groups in total. The Morgan fingerprint density at radius 2 is 2.10 bits per heavy atom. The van der Waals surface area contributed by atoms with Gasteiger partial charge in [0.05, 0.1) is 17.1 Å². The molecule has 0 fully saturated rings. The molecule has 0 saturated carbocycles. The van der Waals surface area contributed by atoms with E-state index in [9.17, 15) is 4.79 Å². The highest BCUT2D eigenvalue weighted by atomic mass is 79.9. The van der Waals surface area contributed by atoms with Gasteiger partial charge in [-0.05, 0) is 50.1 Å². The van der Waals surface area contributed by atoms with E-state index in [4.69, 9.17) is 16.3 Å². The van der Waals surface area contributed by atoms with Gasteiger partial charge in [-0.3, -0.25) is 4.79 Å². The number of carbonyl (C=O) groups is 1. The maximum atomic E-state index is 12.2. The molecule has 1 aromatic heterocycles. The second kappa shape index (κ2) is 6.56. The van der Waals surface area contributed by atoms with Gasteiger partial charge in [-0.1, -0.05) is 11.6 Å². The lowest BCUT2D eigenvalue weighted by Crippen LogP contribution is -2.13. The summed E-state index contributed by atoms with van der Waals surface area (Å²) < 4.78 is 6.66. The van der Waals surface area contributed by atoms with E-state index in [0.29, 0.717) is 21.5 Å². The third kappa shape index (κ3) is 3.50. The van der Waals surface area contributed by atoms with Gasteiger partial charge in [0, 0.05) is 22.4 Å². The van der Waals surface area contributed by atoms with Crippen molar-refractivity contribution in [3.8, 4) is 5.75 Å². The van der Waals surface area contributed by atoms with Crippen LogP contribution in [0.15, 0.2) is 39.4 Å². The van der Waals surface area contributed by atoms with E-state index in [1.165, 1.54) is 6.20 Å². The van der Waals surface area contributed by atoms with Crippen molar-refractivity contribution in [3.05, 3.63) is 50.1 Å². The fourth-order valence-corrected chi connectivity index (χ4v) is 2.45. The number of amides is 1. The normalized spacial score (nSPS) is 10.2. The van der Waals surface area contributed by atoms with Crippen LogP contribution in [0.5, 0.6) is 5.75 Å². The summed E-state index contributed by atoms with van der Waals surface area (Å²) in [6.45, 7) is 0. The maximum Gasteiger partial charge on any atom is 0.258 e. The third-order valence-corrected chi connectivity index (χ3v) is 3.85. The average molecular weight is 420 g/mol. The first-order valence-electron chi connectivity index (χ1n) is 5.47. The van der Waals surface area contributed by atoms with E-state index < -0.39 is 0 Å². The number of benzene rings is 1. The minimum atomic E-state index is -0.340. The molecule has 2 aromatic rings. The monoisotopic (exact) mass is 418 g/mol. The van der Waals surface area contributed by atoms with Gasteiger partial charge in [0.1, 0.15) is 10.9 Å². The Bertz CT molecular complexity index is 665. The number of halogens is 3. The minimum Gasteiger partial charge on any atom is -0.495 e. The van der Waals surface area contributed by atoms with Crippen LogP contribution in [0.4, 0.5) is 5.69 Å². The number of hydrogen-bond acceptors (Lipinski definition) is 3. The van der Waals surface area contributed by atoms with E-state index in [0.717, 1.165) is 4.47 Å². The smallest absolute Gasteiger partial charge is 0.258 e. The Hall–Kier alpha value is -1.11. The molecule has 0 radical (unpaired) electrons. The van der Waals surface area contributed by atoms with Gasteiger partial charge in [0.2, 0.25) is 0 Å². The number of methoxy groups -OCH3 is 1. The standard InChI is InChI=1S/C13H9Br2ClN2O2/c1-20-11-5-8(2-3-10(11)15)18-13(19)9-4-7(14)6-17-12(9)16/h2-6H,1H3,(H,18,19). The Morgan fingerprint density at radius 3 is 2.80 bits per heavy atom. The van der Waals surface area contributed by atoms with Gasteiger partial charge in [0.25, 0.3) is 5.91 Å². The number of anilines is 1. The van der Waals surface area contributed by atoms with Crippen LogP contribution in [-0.2, 0) is 0 Å². The van der Waals surface area contributed by atoms with Crippen molar-refractivity contribution >= 4 is 55.1 Å². The molecule has 7 heteroatoms. The topological polar surface area (TPSA) is 51.2 Å². The van der Waals surface area contributed by atoms with E-state index in [2.05, 4.69) is 42.2 Å². The van der Waals surface area contributed by atoms with Crippen molar-refractivity contribution in [1.82, 2.24) is 4.98 Å². The molecule has 20 heavy (non-hydrogen) atoms. The number of carbonyl (C=O) groups excluding carboxylic acids is 1. The SMILES string of the molecule is COc1cc(NC(=O)c2cc(Br)cnc2Cl)ccc1Br. The zero-order chi connectivity index (χ0) is 14.7. The second-order valence-corrected chi connectivity index (χ2v) is 5.92. The number of aromatic nitrogens is 1. The number of pyridine rings is 1. The molecule has 0 aliphatic rings. The fraction of sp³-hybridized carbons (Fsp3) is 0.0769. The number of hydrogen-bond donors (Lipinski definition) is 1. The van der Waals surface area contributed by atoms with Gasteiger partial charge in [-0.2, -0.15) is 0 Å². The summed E-state index contributed by atoms with van der Waals surface area (Å²) in [5, 5.41) is 2.89. The summed E-state index contributed by atoms with van der Waals surface area (Å²) >= 11 is 12.5. The van der Waals surface area contributed by atoms with Crippen molar-refractivity contribution in [3.63, 3.8) is 0 Å². The lowest BCUT2D eigenvalue weighted by atomic mass is 10.2. The van der Waals surface area contributed by atoms with Gasteiger partial charge < -0.3 is 10.1 Å². The summed E-state index contributed by atoms with van der Waals surface area (Å²) in [6.07, 6.45) is 1.53. The maximum absolute atomic E-state index is 12.2. The highest BCUT2D eigenvalue weighted by molar-refractivity contribution is 9.10. The molecule has 104 valence electrons. The highest BCUT2D eigenvalue weighted by Crippen LogP contribution is 2.28. The van der Waals surface area contributed by atoms with E-state index >= 15 is 0 Å². The van der Waals surface area contributed by atoms with E-state index in [1.54, 1.807) is 31.4 Å². The molecule has 0 aliphatic heterocycles. The Morgan fingerprint density at radius 1 is 1.35 bits per heavy atom. The molecular formula is C13H9Br2ClN2O2. The first-order chi connectivity index (χ1) is 9.51. The molecular weight excluding hydrogens is 411 g/mol. The summed E-state index contributed by atoms with van der Waals surface area (Å²) in [4.78, 5) is 16.1. The second-order valence-electron chi connectivity index (χ2n) is 3.80. The van der Waals surface area contributed by atoms with Crippen LogP contribution in [0.3, 0.4) is 0 Å². The molecule has 0 saturated heterocycles. The van der Waals surface area contributed by atoms with Crippen LogP contribution in [0, 0.1) is 0 Å². The van der Waals surface area contributed by atoms with Crippen molar-refractivity contribution in [2.75, 3.05) is 12.4 Å². The first kappa shape index (κ1) is 15.3. The molecule has 0 bridgehead atoms. The first-order valence-corrected chi connectivity index (χ1v) is 7.43. The lowest BCUT2D eigenvalue weighted by molar-refractivity contribution is 0.102. The minimum absolute atomic E-state index is 0.148. The third-order valence-electron chi connectivity index (χ3n) is 2.46. The van der Waals surface area contributed by atoms with Crippen molar-refractivity contribution in [2.24, 2.45) is 0 Å². The highest BCUT2D eigenvalue weighted by Gasteiger charge is 2.13. The van der Waals surface area contributed by atoms with Gasteiger partial charge in [0.15, 0.2) is 0 Å². The molecule has 4 nitrogen and oxygen atoms in total. The van der Waals surface area contributed by atoms with Crippen LogP contribution in [0.2, 0.25) is 5.15 Å². The van der Waals surface area contributed by atoms with Crippen LogP contribution in [-0.4, -0.2) is 18.0 Å². The van der Waals surface area contributed by atoms with Crippen LogP contribution in [0.25, 0.3) is 0 Å². The summed E-state index contributed by atoms with van der Waals surface area (Å²) in [5.41, 5.74) is 0.897. The zero-order valence-corrected chi connectivity index (χ0v) is 14.2. The quantitative estimate of drug-likeness (QED) is 0.743. The summed E-state index contributed by atoms with van der Waals surface area (Å²) in [6, 6.07) is 6.86. The Kier molecular flexibility index (Phi) is 5.01. The van der Waals surface area contributed by atoms with Crippen LogP contribution in [0.1, 0.15) is 10.4 Å². The number of rotatable bonds is 3. The number of nitrogens with zero attached hydrogens (tertiary/aromatic N) is 1. The van der Waals surface area contributed by atoms with Gasteiger partial charge in [-0.25, -0.2) is 4.98 Å². The molecule has 0 aliphatic carbocycles. The van der Waals surface area contributed by atoms with Crippen LogP contribution >= 0.6 is 43.5 Å². The fourth-order valence-electron chi connectivity index (χ4n) is 1.52. The molecule has 0 unspecified atom stereocenters. The number of ether oxygens (including phenoxy) is 1. The molecule has 1 amide bonds. The average Bonchev–Trinajstić information content (AvgIpc) is 2.43. The van der Waals surface area contributed by atoms with Crippen LogP contribution < -0.4 is 10.1 Å². The molecule has 1 aromatic carbocycles. The Balaban J connectivity index is 2.25. The predicted molar refractivity (Wildman–Crippen MR) is 85.6 cm³/mol. The Labute approximate surface area is 137 Å². The molecule has 0 atom stereocenters. The molecule has 2 rings (SSSR count). The van der Waals surface area contributed by atoms with Gasteiger partial charge in [-0.15, -0.1) is 0 Å². The van der Waals surface area contributed by atoms with Crippen molar-refractivity contribution in [1.29, 1.82) is 0 Å². The van der Waals surface area contributed by atoms with Crippen molar-refractivity contribution < 1.29 is 9.53 Å². The summed E-state index contributed by atoms with van der Waals surface area (Å²) in [7, 11) is 1.56. The van der Waals surface area contributed by atoms with E-state index in [-0.39, 0.29) is 11.1 Å². The zero-order valence-electron chi connectivity index (χ0n) is 10.3. The predicted octanol–water partition coefficient (Wildman–Crippen LogP) is 4.52. The largest absolute Gasteiger partial charge is 0.495 e. The van der Waals surface area contributed by atoms with Gasteiger partial charge >= 0.3 is 0 Å².